The average molecular weight is 209 g/mol. The molecule has 0 bridgehead atoms. The van der Waals surface area contributed by atoms with Crippen molar-refractivity contribution in [3.8, 4) is 0 Å². The summed E-state index contributed by atoms with van der Waals surface area (Å²) in [6, 6.07) is 0. The van der Waals surface area contributed by atoms with E-state index < -0.39 is 12.6 Å². The summed E-state index contributed by atoms with van der Waals surface area (Å²) in [5.41, 5.74) is 0. The Morgan fingerprint density at radius 3 is 2.67 bits per heavy atom. The van der Waals surface area contributed by atoms with E-state index in [4.69, 9.17) is 9.79 Å². The van der Waals surface area contributed by atoms with Crippen molar-refractivity contribution in [2.45, 2.75) is 16.8 Å². The van der Waals surface area contributed by atoms with Crippen LogP contribution in [0.25, 0.3) is 0 Å². The molecule has 0 aliphatic carbocycles. The van der Waals surface area contributed by atoms with Crippen molar-refractivity contribution >= 4 is 25.3 Å². The fourth-order valence-corrected chi connectivity index (χ4v) is 3.99. The summed E-state index contributed by atoms with van der Waals surface area (Å²) in [5.74, 6) is 0.00319. The standard InChI is InChI=1S/C5H8NO4PS/c7-3-1-4-6(3)2-5(12-4)11(8,9)10/h4-5H,1-2H2,(H2,8,9,10)/t4-,5?/m1/s1. The quantitative estimate of drug-likeness (QED) is 0.461. The van der Waals surface area contributed by atoms with Gasteiger partial charge in [0.05, 0.1) is 11.8 Å². The van der Waals surface area contributed by atoms with Crippen LogP contribution in [0.4, 0.5) is 0 Å². The summed E-state index contributed by atoms with van der Waals surface area (Å²) in [4.78, 5) is 29.3. The molecule has 2 saturated heterocycles. The zero-order chi connectivity index (χ0) is 8.93. The lowest BCUT2D eigenvalue weighted by Gasteiger charge is -2.32. The van der Waals surface area contributed by atoms with E-state index in [1.54, 1.807) is 0 Å². The van der Waals surface area contributed by atoms with Crippen molar-refractivity contribution < 1.29 is 19.1 Å². The zero-order valence-corrected chi connectivity index (χ0v) is 7.79. The predicted molar refractivity (Wildman–Crippen MR) is 43.5 cm³/mol. The van der Waals surface area contributed by atoms with E-state index in [-0.39, 0.29) is 17.8 Å². The van der Waals surface area contributed by atoms with Crippen molar-refractivity contribution in [1.82, 2.24) is 4.90 Å². The van der Waals surface area contributed by atoms with Crippen LogP contribution in [0.15, 0.2) is 0 Å². The molecule has 1 amide bonds. The molecular weight excluding hydrogens is 201 g/mol. The van der Waals surface area contributed by atoms with Crippen molar-refractivity contribution in [3.05, 3.63) is 0 Å². The second-order valence-electron chi connectivity index (χ2n) is 2.88. The Morgan fingerprint density at radius 2 is 2.25 bits per heavy atom. The average Bonchev–Trinajstić information content (AvgIpc) is 2.24. The van der Waals surface area contributed by atoms with Gasteiger partial charge in [-0.25, -0.2) is 0 Å². The molecule has 0 aromatic heterocycles. The Bertz CT molecular complexity index is 277. The van der Waals surface area contributed by atoms with Crippen LogP contribution in [-0.2, 0) is 9.36 Å². The highest BCUT2D eigenvalue weighted by atomic mass is 32.2. The number of nitrogens with zero attached hydrogens (tertiary/aromatic N) is 1. The fourth-order valence-electron chi connectivity index (χ4n) is 1.34. The van der Waals surface area contributed by atoms with Gasteiger partial charge in [-0.3, -0.25) is 9.36 Å². The van der Waals surface area contributed by atoms with Gasteiger partial charge in [-0.2, -0.15) is 0 Å². The van der Waals surface area contributed by atoms with Crippen LogP contribution >= 0.6 is 19.4 Å². The molecule has 0 radical (unpaired) electrons. The molecule has 2 N–H and O–H groups in total. The smallest absolute Gasteiger partial charge is 0.328 e. The van der Waals surface area contributed by atoms with Gasteiger partial charge >= 0.3 is 7.60 Å². The normalized spacial score (nSPS) is 34.8. The van der Waals surface area contributed by atoms with Gasteiger partial charge in [0.15, 0.2) is 0 Å². The molecule has 1 unspecified atom stereocenters. The lowest BCUT2D eigenvalue weighted by Crippen LogP contribution is -2.47. The molecule has 0 aromatic carbocycles. The highest BCUT2D eigenvalue weighted by Gasteiger charge is 2.50. The molecule has 12 heavy (non-hydrogen) atoms. The Labute approximate surface area is 73.3 Å². The molecule has 2 fully saturated rings. The molecule has 2 aliphatic heterocycles. The SMILES string of the molecule is O=C1C[C@H]2SC(P(=O)(O)O)CN12. The van der Waals surface area contributed by atoms with Crippen LogP contribution < -0.4 is 0 Å². The number of fused-ring (bicyclic) bond motifs is 1. The van der Waals surface area contributed by atoms with Crippen LogP contribution in [0.3, 0.4) is 0 Å². The number of carbonyl (C=O) groups is 1. The Kier molecular flexibility index (Phi) is 1.77. The number of β-lactam (4-membered cyclic amide) rings is 1. The highest BCUT2D eigenvalue weighted by Crippen LogP contribution is 2.55. The van der Waals surface area contributed by atoms with Gasteiger partial charge in [0.2, 0.25) is 5.91 Å². The van der Waals surface area contributed by atoms with E-state index in [0.717, 1.165) is 0 Å². The molecule has 2 atom stereocenters. The third-order valence-electron chi connectivity index (χ3n) is 2.06. The molecular formula is C5H8NO4PS. The Morgan fingerprint density at radius 1 is 1.58 bits per heavy atom. The molecule has 0 spiro atoms. The van der Waals surface area contributed by atoms with Crippen molar-refractivity contribution in [3.63, 3.8) is 0 Å². The summed E-state index contributed by atoms with van der Waals surface area (Å²) >= 11 is 1.21. The lowest BCUT2D eigenvalue weighted by atomic mass is 10.2. The fraction of sp³-hybridized carbons (Fsp3) is 0.800. The van der Waals surface area contributed by atoms with Crippen LogP contribution in [0.2, 0.25) is 0 Å². The first-order valence-electron chi connectivity index (χ1n) is 3.48. The third kappa shape index (κ3) is 1.19. The van der Waals surface area contributed by atoms with Gasteiger partial charge in [0, 0.05) is 6.54 Å². The monoisotopic (exact) mass is 209 g/mol. The van der Waals surface area contributed by atoms with Gasteiger partial charge in [-0.05, 0) is 0 Å². The maximum atomic E-state index is 10.8. The number of carbonyl (C=O) groups excluding carboxylic acids is 1. The predicted octanol–water partition coefficient (Wildman–Crippen LogP) is -0.205. The van der Waals surface area contributed by atoms with Gasteiger partial charge in [-0.1, -0.05) is 0 Å². The van der Waals surface area contributed by atoms with E-state index in [1.807, 2.05) is 0 Å². The van der Waals surface area contributed by atoms with Crippen LogP contribution in [-0.4, -0.2) is 37.5 Å². The van der Waals surface area contributed by atoms with Crippen molar-refractivity contribution in [1.29, 1.82) is 0 Å². The molecule has 7 heteroatoms. The maximum absolute atomic E-state index is 10.8. The van der Waals surface area contributed by atoms with Gasteiger partial charge < -0.3 is 14.7 Å². The zero-order valence-electron chi connectivity index (χ0n) is 6.08. The van der Waals surface area contributed by atoms with Crippen molar-refractivity contribution in [2.24, 2.45) is 0 Å². The number of rotatable bonds is 1. The topological polar surface area (TPSA) is 77.8 Å². The van der Waals surface area contributed by atoms with E-state index >= 15 is 0 Å². The Hall–Kier alpha value is -0.0300. The number of hydrogen-bond donors (Lipinski definition) is 2. The summed E-state index contributed by atoms with van der Waals surface area (Å²) < 4.78 is 10.8. The minimum atomic E-state index is -4.01. The maximum Gasteiger partial charge on any atom is 0.340 e. The first kappa shape index (κ1) is 8.56. The molecule has 2 heterocycles. The highest BCUT2D eigenvalue weighted by molar-refractivity contribution is 8.06. The van der Waals surface area contributed by atoms with E-state index in [2.05, 4.69) is 0 Å². The largest absolute Gasteiger partial charge is 0.340 e. The molecule has 5 nitrogen and oxygen atoms in total. The second-order valence-corrected chi connectivity index (χ2v) is 6.42. The number of hydrogen-bond acceptors (Lipinski definition) is 3. The summed E-state index contributed by atoms with van der Waals surface area (Å²) in [6.45, 7) is 0.207. The Balaban J connectivity index is 2.08. The minimum absolute atomic E-state index is 0.00319. The second kappa shape index (κ2) is 2.48. The minimum Gasteiger partial charge on any atom is -0.328 e. The molecule has 2 rings (SSSR count). The molecule has 68 valence electrons. The first-order valence-corrected chi connectivity index (χ1v) is 6.11. The van der Waals surface area contributed by atoms with Gasteiger partial charge in [0.25, 0.3) is 0 Å². The van der Waals surface area contributed by atoms with E-state index in [0.29, 0.717) is 6.42 Å². The van der Waals surface area contributed by atoms with Crippen LogP contribution in [0.1, 0.15) is 6.42 Å². The van der Waals surface area contributed by atoms with Crippen LogP contribution in [0, 0.1) is 0 Å². The lowest BCUT2D eigenvalue weighted by molar-refractivity contribution is -0.140. The van der Waals surface area contributed by atoms with E-state index in [9.17, 15) is 9.36 Å². The van der Waals surface area contributed by atoms with Gasteiger partial charge in [0.1, 0.15) is 4.99 Å². The molecule has 2 aliphatic rings. The summed E-state index contributed by atoms with van der Waals surface area (Å²) in [7, 11) is -4.01. The number of thioether (sulfide) groups is 1. The summed E-state index contributed by atoms with van der Waals surface area (Å²) in [6.07, 6.45) is 0.432. The summed E-state index contributed by atoms with van der Waals surface area (Å²) in [5, 5.41) is 0.0233. The van der Waals surface area contributed by atoms with Crippen molar-refractivity contribution in [2.75, 3.05) is 6.54 Å². The van der Waals surface area contributed by atoms with Gasteiger partial charge in [-0.15, -0.1) is 11.8 Å². The number of amides is 1. The third-order valence-corrected chi connectivity index (χ3v) is 5.36. The molecule has 0 aromatic rings. The molecule has 0 saturated carbocycles. The van der Waals surface area contributed by atoms with Crippen LogP contribution in [0.5, 0.6) is 0 Å². The van der Waals surface area contributed by atoms with E-state index in [1.165, 1.54) is 16.7 Å². The first-order chi connectivity index (χ1) is 5.48.